The molecule has 3 rings (SSSR count). The maximum atomic E-state index is 12.5. The molecule has 2 amide bonds. The number of hydrogen-bond donors (Lipinski definition) is 1. The van der Waals surface area contributed by atoms with Crippen molar-refractivity contribution in [2.24, 2.45) is 5.92 Å². The van der Waals surface area contributed by atoms with Crippen molar-refractivity contribution in [1.29, 1.82) is 0 Å². The monoisotopic (exact) mass is 426 g/mol. The number of carbonyl (C=O) groups excluding carboxylic acids is 2. The topological polar surface area (TPSA) is 83.6 Å². The molecule has 0 saturated carbocycles. The van der Waals surface area contributed by atoms with Crippen LogP contribution in [0.3, 0.4) is 0 Å². The summed E-state index contributed by atoms with van der Waals surface area (Å²) in [5.74, 6) is -1.86. The van der Waals surface area contributed by atoms with E-state index in [1.807, 2.05) is 6.92 Å². The fourth-order valence-electron chi connectivity index (χ4n) is 2.82. The molecule has 0 radical (unpaired) electrons. The summed E-state index contributed by atoms with van der Waals surface area (Å²) in [6.07, 6.45) is 0. The van der Waals surface area contributed by atoms with Crippen LogP contribution in [0.25, 0.3) is 0 Å². The standard InChI is InChI=1S/C18H16Cl2N2O4S/c1-10-3-4-12(19)7-16(10)21-17(23)14-6-5-13(8-15(14)20)22-18(24)11(2)9-27(22,25)26/h3-8,11H,9H2,1-2H3,(H,21,23). The molecule has 1 atom stereocenters. The molecule has 142 valence electrons. The Morgan fingerprint density at radius 3 is 2.48 bits per heavy atom. The Balaban J connectivity index is 1.90. The van der Waals surface area contributed by atoms with Gasteiger partial charge >= 0.3 is 0 Å². The zero-order chi connectivity index (χ0) is 19.9. The van der Waals surface area contributed by atoms with Crippen molar-refractivity contribution in [3.63, 3.8) is 0 Å². The molecular formula is C18H16Cl2N2O4S. The van der Waals surface area contributed by atoms with Gasteiger partial charge in [-0.25, -0.2) is 12.7 Å². The van der Waals surface area contributed by atoms with E-state index in [0.29, 0.717) is 10.7 Å². The van der Waals surface area contributed by atoms with Crippen LogP contribution in [0.4, 0.5) is 11.4 Å². The molecule has 1 saturated heterocycles. The smallest absolute Gasteiger partial charge is 0.257 e. The van der Waals surface area contributed by atoms with Crippen LogP contribution in [-0.2, 0) is 14.8 Å². The summed E-state index contributed by atoms with van der Waals surface area (Å²) in [6, 6.07) is 9.18. The molecule has 2 aromatic rings. The van der Waals surface area contributed by atoms with Crippen LogP contribution in [0.15, 0.2) is 36.4 Å². The average molecular weight is 427 g/mol. The molecular weight excluding hydrogens is 411 g/mol. The number of amides is 2. The lowest BCUT2D eigenvalue weighted by molar-refractivity contribution is -0.119. The summed E-state index contributed by atoms with van der Waals surface area (Å²) in [5, 5.41) is 3.23. The third-order valence-electron chi connectivity index (χ3n) is 4.24. The lowest BCUT2D eigenvalue weighted by Gasteiger charge is -2.16. The Morgan fingerprint density at radius 2 is 1.89 bits per heavy atom. The first-order chi connectivity index (χ1) is 12.6. The number of aryl methyl sites for hydroxylation is 1. The van der Waals surface area contributed by atoms with Gasteiger partial charge in [0.1, 0.15) is 0 Å². The van der Waals surface area contributed by atoms with Gasteiger partial charge in [-0.05, 0) is 42.8 Å². The average Bonchev–Trinajstić information content (AvgIpc) is 2.78. The van der Waals surface area contributed by atoms with Crippen LogP contribution in [0, 0.1) is 12.8 Å². The molecule has 0 bridgehead atoms. The predicted molar refractivity (Wildman–Crippen MR) is 106 cm³/mol. The Morgan fingerprint density at radius 1 is 1.19 bits per heavy atom. The SMILES string of the molecule is Cc1ccc(Cl)cc1NC(=O)c1ccc(N2C(=O)C(C)CS2(=O)=O)cc1Cl. The molecule has 1 fully saturated rings. The lowest BCUT2D eigenvalue weighted by atomic mass is 10.1. The van der Waals surface area contributed by atoms with E-state index < -0.39 is 27.8 Å². The van der Waals surface area contributed by atoms with Crippen molar-refractivity contribution in [1.82, 2.24) is 0 Å². The highest BCUT2D eigenvalue weighted by molar-refractivity contribution is 7.94. The molecule has 27 heavy (non-hydrogen) atoms. The third-order valence-corrected chi connectivity index (χ3v) is 6.66. The minimum absolute atomic E-state index is 0.0345. The van der Waals surface area contributed by atoms with Crippen molar-refractivity contribution >= 4 is 56.4 Å². The summed E-state index contributed by atoms with van der Waals surface area (Å²) in [6.45, 7) is 3.37. The summed E-state index contributed by atoms with van der Waals surface area (Å²) < 4.78 is 25.1. The summed E-state index contributed by atoms with van der Waals surface area (Å²) in [7, 11) is -3.74. The minimum Gasteiger partial charge on any atom is -0.322 e. The molecule has 1 heterocycles. The Kier molecular flexibility index (Phi) is 5.20. The van der Waals surface area contributed by atoms with Gasteiger partial charge in [-0.3, -0.25) is 9.59 Å². The van der Waals surface area contributed by atoms with E-state index in [4.69, 9.17) is 23.2 Å². The van der Waals surface area contributed by atoms with Crippen LogP contribution in [0.5, 0.6) is 0 Å². The van der Waals surface area contributed by atoms with E-state index >= 15 is 0 Å². The second kappa shape index (κ2) is 7.14. The first-order valence-electron chi connectivity index (χ1n) is 8.04. The molecule has 0 spiro atoms. The van der Waals surface area contributed by atoms with Gasteiger partial charge in [0.2, 0.25) is 15.9 Å². The molecule has 6 nitrogen and oxygen atoms in total. The van der Waals surface area contributed by atoms with Crippen molar-refractivity contribution in [2.75, 3.05) is 15.4 Å². The molecule has 1 aliphatic rings. The maximum Gasteiger partial charge on any atom is 0.257 e. The number of carbonyl (C=O) groups is 2. The van der Waals surface area contributed by atoms with Crippen molar-refractivity contribution in [3.8, 4) is 0 Å². The van der Waals surface area contributed by atoms with Crippen LogP contribution in [0.1, 0.15) is 22.8 Å². The molecule has 9 heteroatoms. The number of sulfonamides is 1. The van der Waals surface area contributed by atoms with E-state index in [-0.39, 0.29) is 22.0 Å². The molecule has 1 N–H and O–H groups in total. The van der Waals surface area contributed by atoms with Gasteiger partial charge in [0.25, 0.3) is 5.91 Å². The number of anilines is 2. The summed E-state index contributed by atoms with van der Waals surface area (Å²) >= 11 is 12.1. The summed E-state index contributed by atoms with van der Waals surface area (Å²) in [5.41, 5.74) is 1.63. The Labute approximate surface area is 167 Å². The fraction of sp³-hybridized carbons (Fsp3) is 0.222. The van der Waals surface area contributed by atoms with Gasteiger partial charge in [-0.1, -0.05) is 36.2 Å². The zero-order valence-electron chi connectivity index (χ0n) is 14.5. The highest BCUT2D eigenvalue weighted by Gasteiger charge is 2.42. The maximum absolute atomic E-state index is 12.5. The Bertz CT molecular complexity index is 1050. The van der Waals surface area contributed by atoms with Crippen molar-refractivity contribution in [2.45, 2.75) is 13.8 Å². The largest absolute Gasteiger partial charge is 0.322 e. The van der Waals surface area contributed by atoms with E-state index in [9.17, 15) is 18.0 Å². The van der Waals surface area contributed by atoms with Crippen LogP contribution >= 0.6 is 23.2 Å². The quantitative estimate of drug-likeness (QED) is 0.806. The van der Waals surface area contributed by atoms with Crippen LogP contribution in [0.2, 0.25) is 10.0 Å². The highest BCUT2D eigenvalue weighted by atomic mass is 35.5. The lowest BCUT2D eigenvalue weighted by Crippen LogP contribution is -2.30. The first-order valence-corrected chi connectivity index (χ1v) is 10.4. The normalized spacial score (nSPS) is 18.6. The van der Waals surface area contributed by atoms with Crippen molar-refractivity contribution < 1.29 is 18.0 Å². The molecule has 0 aromatic heterocycles. The van der Waals surface area contributed by atoms with Gasteiger partial charge in [0, 0.05) is 10.7 Å². The minimum atomic E-state index is -3.74. The fourth-order valence-corrected chi connectivity index (χ4v) is 5.06. The molecule has 0 aliphatic carbocycles. The number of nitrogens with one attached hydrogen (secondary N) is 1. The third kappa shape index (κ3) is 3.81. The second-order valence-corrected chi connectivity index (χ2v) is 9.07. The number of halogens is 2. The Hall–Kier alpha value is -2.09. The molecule has 2 aromatic carbocycles. The predicted octanol–water partition coefficient (Wildman–Crippen LogP) is 3.87. The first kappa shape index (κ1) is 19.7. The van der Waals surface area contributed by atoms with Gasteiger partial charge in [-0.2, -0.15) is 0 Å². The van der Waals surface area contributed by atoms with E-state index in [1.54, 1.807) is 25.1 Å². The molecule has 1 unspecified atom stereocenters. The number of nitrogens with zero attached hydrogens (tertiary/aromatic N) is 1. The van der Waals surface area contributed by atoms with Crippen LogP contribution in [-0.4, -0.2) is 26.0 Å². The summed E-state index contributed by atoms with van der Waals surface area (Å²) in [4.78, 5) is 24.7. The number of rotatable bonds is 3. The number of hydrogen-bond acceptors (Lipinski definition) is 4. The van der Waals surface area contributed by atoms with E-state index in [1.165, 1.54) is 18.2 Å². The highest BCUT2D eigenvalue weighted by Crippen LogP contribution is 2.32. The van der Waals surface area contributed by atoms with Gasteiger partial charge < -0.3 is 5.32 Å². The van der Waals surface area contributed by atoms with Crippen LogP contribution < -0.4 is 9.62 Å². The zero-order valence-corrected chi connectivity index (χ0v) is 16.8. The van der Waals surface area contributed by atoms with E-state index in [2.05, 4.69) is 5.32 Å². The van der Waals surface area contributed by atoms with E-state index in [0.717, 1.165) is 9.87 Å². The van der Waals surface area contributed by atoms with Gasteiger partial charge in [-0.15, -0.1) is 0 Å². The second-order valence-electron chi connectivity index (χ2n) is 6.36. The van der Waals surface area contributed by atoms with Gasteiger partial charge in [0.05, 0.1) is 27.9 Å². The van der Waals surface area contributed by atoms with Crippen molar-refractivity contribution in [3.05, 3.63) is 57.6 Å². The number of benzene rings is 2. The molecule has 1 aliphatic heterocycles. The van der Waals surface area contributed by atoms with Gasteiger partial charge in [0.15, 0.2) is 0 Å².